The number of hydrogen-bond donors (Lipinski definition) is 0. The highest BCUT2D eigenvalue weighted by atomic mass is 35.5. The van der Waals surface area contributed by atoms with Crippen molar-refractivity contribution in [2.45, 2.75) is 39.0 Å². The van der Waals surface area contributed by atoms with E-state index in [9.17, 15) is 4.39 Å². The highest BCUT2D eigenvalue weighted by Gasteiger charge is 2.13. The number of unbranched alkanes of at least 4 members (excludes halogenated alkanes) is 1. The summed E-state index contributed by atoms with van der Waals surface area (Å²) in [5.41, 5.74) is 1.67. The summed E-state index contributed by atoms with van der Waals surface area (Å²) in [7, 11) is 0. The van der Waals surface area contributed by atoms with Crippen LogP contribution in [0.3, 0.4) is 0 Å². The Morgan fingerprint density at radius 2 is 2.06 bits per heavy atom. The van der Waals surface area contributed by atoms with Crippen molar-refractivity contribution in [1.29, 1.82) is 0 Å². The molecule has 1 unspecified atom stereocenters. The fraction of sp³-hybridized carbons (Fsp3) is 0.600. The summed E-state index contributed by atoms with van der Waals surface area (Å²) in [5.74, 6) is -0.166. The molecule has 1 nitrogen and oxygen atoms in total. The Morgan fingerprint density at radius 3 is 2.61 bits per heavy atom. The number of likely N-dealkylation sites (N-methyl/N-ethyl adjacent to an activating group) is 1. The molecule has 1 rings (SSSR count). The fourth-order valence-electron chi connectivity index (χ4n) is 1.96. The number of alkyl halides is 1. The Kier molecular flexibility index (Phi) is 6.66. The first kappa shape index (κ1) is 15.5. The van der Waals surface area contributed by atoms with Gasteiger partial charge in [0.15, 0.2) is 0 Å². The van der Waals surface area contributed by atoms with Gasteiger partial charge in [0.25, 0.3) is 0 Å². The molecule has 0 aliphatic carbocycles. The smallest absolute Gasteiger partial charge is 0.126 e. The van der Waals surface area contributed by atoms with Crippen LogP contribution in [0.15, 0.2) is 18.2 Å². The van der Waals surface area contributed by atoms with E-state index in [4.69, 9.17) is 11.6 Å². The van der Waals surface area contributed by atoms with Crippen LogP contribution in [-0.2, 0) is 0 Å². The Hall–Kier alpha value is -0.600. The van der Waals surface area contributed by atoms with Gasteiger partial charge < -0.3 is 4.90 Å². The Bertz CT molecular complexity index is 368. The van der Waals surface area contributed by atoms with E-state index in [-0.39, 0.29) is 11.2 Å². The van der Waals surface area contributed by atoms with Crippen molar-refractivity contribution >= 4 is 11.6 Å². The molecule has 0 bridgehead atoms. The van der Waals surface area contributed by atoms with Gasteiger partial charge in [0.05, 0.1) is 5.38 Å². The highest BCUT2D eigenvalue weighted by Crippen LogP contribution is 2.23. The van der Waals surface area contributed by atoms with E-state index in [1.165, 1.54) is 18.9 Å². The number of nitrogens with zero attached hydrogens (tertiary/aromatic N) is 1. The lowest BCUT2D eigenvalue weighted by Gasteiger charge is -2.23. The molecule has 18 heavy (non-hydrogen) atoms. The maximum absolute atomic E-state index is 13.2. The third kappa shape index (κ3) is 4.58. The summed E-state index contributed by atoms with van der Waals surface area (Å²) in [6, 6.07) is 5.14. The van der Waals surface area contributed by atoms with E-state index < -0.39 is 0 Å². The molecule has 0 spiro atoms. The average molecular weight is 272 g/mol. The molecule has 3 heteroatoms. The summed E-state index contributed by atoms with van der Waals surface area (Å²) in [6.07, 6.45) is 2.39. The second-order valence-corrected chi connectivity index (χ2v) is 5.25. The number of aryl methyl sites for hydroxylation is 1. The number of benzene rings is 1. The molecule has 1 aromatic rings. The topological polar surface area (TPSA) is 3.24 Å². The minimum Gasteiger partial charge on any atom is -0.302 e. The van der Waals surface area contributed by atoms with Crippen LogP contribution < -0.4 is 0 Å². The minimum absolute atomic E-state index is 0.0684. The van der Waals surface area contributed by atoms with Crippen molar-refractivity contribution in [3.8, 4) is 0 Å². The zero-order valence-corrected chi connectivity index (χ0v) is 12.3. The quantitative estimate of drug-likeness (QED) is 0.658. The zero-order chi connectivity index (χ0) is 13.5. The molecule has 1 aromatic carbocycles. The van der Waals surface area contributed by atoms with Gasteiger partial charge in [0, 0.05) is 6.54 Å². The number of rotatable bonds is 7. The lowest BCUT2D eigenvalue weighted by atomic mass is 10.1. The van der Waals surface area contributed by atoms with Gasteiger partial charge >= 0.3 is 0 Å². The molecule has 0 amide bonds. The van der Waals surface area contributed by atoms with Crippen molar-refractivity contribution in [1.82, 2.24) is 4.90 Å². The molecule has 0 saturated carbocycles. The van der Waals surface area contributed by atoms with E-state index in [1.807, 2.05) is 6.07 Å². The third-order valence-corrected chi connectivity index (χ3v) is 3.63. The largest absolute Gasteiger partial charge is 0.302 e. The number of hydrogen-bond acceptors (Lipinski definition) is 1. The van der Waals surface area contributed by atoms with Crippen molar-refractivity contribution in [2.75, 3.05) is 19.6 Å². The molecular formula is C15H23ClFN. The summed E-state index contributed by atoms with van der Waals surface area (Å²) in [6.45, 7) is 9.02. The first-order valence-corrected chi connectivity index (χ1v) is 7.14. The van der Waals surface area contributed by atoms with Crippen LogP contribution in [0.25, 0.3) is 0 Å². The maximum Gasteiger partial charge on any atom is 0.126 e. The summed E-state index contributed by atoms with van der Waals surface area (Å²) < 4.78 is 13.2. The Labute approximate surface area is 115 Å². The van der Waals surface area contributed by atoms with Crippen LogP contribution in [0, 0.1) is 12.7 Å². The van der Waals surface area contributed by atoms with Gasteiger partial charge in [-0.25, -0.2) is 4.39 Å². The monoisotopic (exact) mass is 271 g/mol. The molecule has 0 radical (unpaired) electrons. The van der Waals surface area contributed by atoms with E-state index in [1.54, 1.807) is 13.0 Å². The predicted molar refractivity (Wildman–Crippen MR) is 76.8 cm³/mol. The fourth-order valence-corrected chi connectivity index (χ4v) is 2.29. The average Bonchev–Trinajstić information content (AvgIpc) is 2.37. The first-order valence-electron chi connectivity index (χ1n) is 6.71. The molecule has 0 aliphatic rings. The molecule has 102 valence electrons. The summed E-state index contributed by atoms with van der Waals surface area (Å²) in [5, 5.41) is -0.0684. The maximum atomic E-state index is 13.2. The van der Waals surface area contributed by atoms with Crippen LogP contribution in [0.5, 0.6) is 0 Å². The van der Waals surface area contributed by atoms with Gasteiger partial charge in [0.1, 0.15) is 5.82 Å². The van der Waals surface area contributed by atoms with Crippen molar-refractivity contribution in [3.63, 3.8) is 0 Å². The molecular weight excluding hydrogens is 249 g/mol. The molecule has 0 fully saturated rings. The molecule has 0 heterocycles. The lowest BCUT2D eigenvalue weighted by Crippen LogP contribution is -2.28. The minimum atomic E-state index is -0.166. The summed E-state index contributed by atoms with van der Waals surface area (Å²) in [4.78, 5) is 2.35. The molecule has 0 N–H and O–H groups in total. The zero-order valence-electron chi connectivity index (χ0n) is 11.5. The van der Waals surface area contributed by atoms with Gasteiger partial charge in [0.2, 0.25) is 0 Å². The van der Waals surface area contributed by atoms with Gasteiger partial charge in [-0.1, -0.05) is 32.4 Å². The van der Waals surface area contributed by atoms with E-state index in [0.717, 1.165) is 25.2 Å². The van der Waals surface area contributed by atoms with Crippen molar-refractivity contribution in [2.24, 2.45) is 0 Å². The van der Waals surface area contributed by atoms with Crippen LogP contribution in [0.2, 0.25) is 0 Å². The normalized spacial score (nSPS) is 13.0. The predicted octanol–water partition coefficient (Wildman–Crippen LogP) is 4.54. The van der Waals surface area contributed by atoms with Crippen LogP contribution in [0.1, 0.15) is 43.2 Å². The standard InChI is InChI=1S/C15H23ClFN/c1-4-6-9-18(5-2)11-14(16)13-7-8-15(17)12(3)10-13/h7-8,10,14H,4-6,9,11H2,1-3H3. The summed E-state index contributed by atoms with van der Waals surface area (Å²) >= 11 is 6.42. The SMILES string of the molecule is CCCCN(CC)CC(Cl)c1ccc(F)c(C)c1. The van der Waals surface area contributed by atoms with Gasteiger partial charge in [-0.2, -0.15) is 0 Å². The van der Waals surface area contributed by atoms with Gasteiger partial charge in [-0.3, -0.25) is 0 Å². The molecule has 1 atom stereocenters. The third-order valence-electron chi connectivity index (χ3n) is 3.24. The van der Waals surface area contributed by atoms with Crippen molar-refractivity contribution < 1.29 is 4.39 Å². The van der Waals surface area contributed by atoms with E-state index in [2.05, 4.69) is 18.7 Å². The van der Waals surface area contributed by atoms with E-state index >= 15 is 0 Å². The van der Waals surface area contributed by atoms with Crippen molar-refractivity contribution in [3.05, 3.63) is 35.1 Å². The number of halogens is 2. The lowest BCUT2D eigenvalue weighted by molar-refractivity contribution is 0.283. The Balaban J connectivity index is 2.62. The molecule has 0 saturated heterocycles. The van der Waals surface area contributed by atoms with Crippen LogP contribution in [0.4, 0.5) is 4.39 Å². The molecule has 0 aromatic heterocycles. The van der Waals surface area contributed by atoms with E-state index in [0.29, 0.717) is 5.56 Å². The second-order valence-electron chi connectivity index (χ2n) is 4.72. The van der Waals surface area contributed by atoms with Crippen LogP contribution in [-0.4, -0.2) is 24.5 Å². The second kappa shape index (κ2) is 7.75. The van der Waals surface area contributed by atoms with Gasteiger partial charge in [-0.15, -0.1) is 11.6 Å². The van der Waals surface area contributed by atoms with Gasteiger partial charge in [-0.05, 0) is 43.6 Å². The highest BCUT2D eigenvalue weighted by molar-refractivity contribution is 6.21. The molecule has 0 aliphatic heterocycles. The van der Waals surface area contributed by atoms with Crippen LogP contribution >= 0.6 is 11.6 Å². The Morgan fingerprint density at radius 1 is 1.33 bits per heavy atom. The first-order chi connectivity index (χ1) is 8.58.